The molecule has 0 unspecified atom stereocenters. The highest BCUT2D eigenvalue weighted by molar-refractivity contribution is 6.09. The Morgan fingerprint density at radius 1 is 0.677 bits per heavy atom. The topological polar surface area (TPSA) is 43.1 Å². The van der Waals surface area contributed by atoms with E-state index in [1.807, 2.05) is 24.5 Å². The Labute approximate surface area is 177 Å². The van der Waals surface area contributed by atoms with E-state index in [4.69, 9.17) is 9.97 Å². The third kappa shape index (κ3) is 1.84. The quantitative estimate of drug-likeness (QED) is 0.315. The fraction of sp³-hybridized carbons (Fsp3) is 0.0741. The number of imidazole rings is 1. The molecule has 2 aromatic carbocycles. The van der Waals surface area contributed by atoms with Gasteiger partial charge >= 0.3 is 0 Å². The highest BCUT2D eigenvalue weighted by atomic mass is 15.1. The van der Waals surface area contributed by atoms with Gasteiger partial charge in [0.25, 0.3) is 0 Å². The molecule has 4 heterocycles. The lowest BCUT2D eigenvalue weighted by molar-refractivity contribution is 1.07. The maximum atomic E-state index is 5.24. The summed E-state index contributed by atoms with van der Waals surface area (Å²) in [5.74, 6) is 0. The van der Waals surface area contributed by atoms with Crippen LogP contribution in [-0.4, -0.2) is 19.4 Å². The number of aromatic nitrogens is 4. The molecule has 0 bridgehead atoms. The summed E-state index contributed by atoms with van der Waals surface area (Å²) in [5, 5.41) is 2.15. The molecule has 0 spiro atoms. The van der Waals surface area contributed by atoms with Gasteiger partial charge < -0.3 is 0 Å². The van der Waals surface area contributed by atoms with Gasteiger partial charge in [-0.3, -0.25) is 9.38 Å². The van der Waals surface area contributed by atoms with Crippen molar-refractivity contribution in [1.29, 1.82) is 0 Å². The van der Waals surface area contributed by atoms with E-state index in [1.165, 1.54) is 39.1 Å². The molecule has 8 rings (SSSR count). The zero-order chi connectivity index (χ0) is 20.1. The molecule has 0 atom stereocenters. The van der Waals surface area contributed by atoms with Crippen LogP contribution in [0.3, 0.4) is 0 Å². The van der Waals surface area contributed by atoms with Crippen molar-refractivity contribution in [3.63, 3.8) is 0 Å². The van der Waals surface area contributed by atoms with Crippen LogP contribution < -0.4 is 0 Å². The van der Waals surface area contributed by atoms with Crippen LogP contribution in [0, 0.1) is 0 Å². The first-order chi connectivity index (χ1) is 15.4. The van der Waals surface area contributed by atoms with Gasteiger partial charge in [-0.2, -0.15) is 0 Å². The number of hydrogen-bond donors (Lipinski definition) is 0. The van der Waals surface area contributed by atoms with Crippen molar-refractivity contribution < 1.29 is 0 Å². The molecular weight excluding hydrogens is 380 g/mol. The lowest BCUT2D eigenvalue weighted by Crippen LogP contribution is -1.98. The fourth-order valence-corrected chi connectivity index (χ4v) is 5.67. The van der Waals surface area contributed by atoms with Crippen LogP contribution in [0.25, 0.3) is 50.0 Å². The Morgan fingerprint density at radius 3 is 2.45 bits per heavy atom. The third-order valence-corrected chi connectivity index (χ3v) is 6.94. The molecule has 0 aliphatic heterocycles. The van der Waals surface area contributed by atoms with Gasteiger partial charge in [0.15, 0.2) is 0 Å². The summed E-state index contributed by atoms with van der Waals surface area (Å²) in [7, 11) is 0. The van der Waals surface area contributed by atoms with E-state index in [2.05, 4.69) is 57.9 Å². The predicted octanol–water partition coefficient (Wildman–Crippen LogP) is 5.57. The largest absolute Gasteiger partial charge is 0.279 e. The molecule has 4 heteroatoms. The second kappa shape index (κ2) is 5.35. The standard InChI is InChI=1S/C27H16N4/c1-2-6-17-15(5-1)13-21-18(17)10-9-16-14-22-25(23(16)21)30-27-20-8-3-11-28-24(20)19-7-4-12-29-26(19)31(22)27/h1-12H,13-14H2. The predicted molar refractivity (Wildman–Crippen MR) is 122 cm³/mol. The van der Waals surface area contributed by atoms with Crippen molar-refractivity contribution in [2.45, 2.75) is 12.8 Å². The number of nitrogens with zero attached hydrogens (tertiary/aromatic N) is 4. The molecule has 2 aliphatic rings. The SMILES string of the molecule is c1ccc2c(c1)Cc1c-2ccc2c1-c1nc3c4cccnc4c4cccnc4n3c1C2. The lowest BCUT2D eigenvalue weighted by atomic mass is 9.97. The van der Waals surface area contributed by atoms with Gasteiger partial charge in [-0.1, -0.05) is 36.4 Å². The van der Waals surface area contributed by atoms with Crippen molar-refractivity contribution in [2.24, 2.45) is 0 Å². The Kier molecular flexibility index (Phi) is 2.72. The Bertz CT molecular complexity index is 1740. The molecule has 0 amide bonds. The summed E-state index contributed by atoms with van der Waals surface area (Å²) in [5.41, 5.74) is 13.4. The van der Waals surface area contributed by atoms with Crippen LogP contribution >= 0.6 is 0 Å². The summed E-state index contributed by atoms with van der Waals surface area (Å²) < 4.78 is 2.27. The molecule has 0 radical (unpaired) electrons. The second-order valence-corrected chi connectivity index (χ2v) is 8.48. The third-order valence-electron chi connectivity index (χ3n) is 6.94. The molecule has 0 saturated heterocycles. The number of fused-ring (bicyclic) bond motifs is 14. The molecule has 0 N–H and O–H groups in total. The number of hydrogen-bond acceptors (Lipinski definition) is 3. The van der Waals surface area contributed by atoms with Crippen LogP contribution in [0.15, 0.2) is 73.1 Å². The van der Waals surface area contributed by atoms with Crippen LogP contribution in [0.5, 0.6) is 0 Å². The van der Waals surface area contributed by atoms with E-state index < -0.39 is 0 Å². The minimum atomic E-state index is 0.882. The van der Waals surface area contributed by atoms with Gasteiger partial charge in [0.2, 0.25) is 0 Å². The maximum Gasteiger partial charge on any atom is 0.148 e. The molecule has 4 aromatic heterocycles. The summed E-state index contributed by atoms with van der Waals surface area (Å²) in [6, 6.07) is 21.6. The highest BCUT2D eigenvalue weighted by Gasteiger charge is 2.32. The van der Waals surface area contributed by atoms with Crippen molar-refractivity contribution in [3.8, 4) is 22.4 Å². The Hall–Kier alpha value is -4.05. The van der Waals surface area contributed by atoms with Gasteiger partial charge in [-0.05, 0) is 58.5 Å². The van der Waals surface area contributed by atoms with Gasteiger partial charge in [0, 0.05) is 35.2 Å². The van der Waals surface area contributed by atoms with Gasteiger partial charge in [0.05, 0.1) is 16.9 Å². The van der Waals surface area contributed by atoms with E-state index in [0.29, 0.717) is 0 Å². The monoisotopic (exact) mass is 396 g/mol. The van der Waals surface area contributed by atoms with Crippen LogP contribution in [0.4, 0.5) is 0 Å². The smallest absolute Gasteiger partial charge is 0.148 e. The second-order valence-electron chi connectivity index (χ2n) is 8.48. The van der Waals surface area contributed by atoms with E-state index in [0.717, 1.165) is 46.1 Å². The first kappa shape index (κ1) is 15.7. The number of pyridine rings is 3. The van der Waals surface area contributed by atoms with Gasteiger partial charge in [-0.25, -0.2) is 9.97 Å². The highest BCUT2D eigenvalue weighted by Crippen LogP contribution is 2.48. The minimum absolute atomic E-state index is 0.882. The van der Waals surface area contributed by atoms with Crippen molar-refractivity contribution in [3.05, 3.63) is 95.4 Å². The molecule has 2 aliphatic carbocycles. The zero-order valence-corrected chi connectivity index (χ0v) is 16.6. The summed E-state index contributed by atoms with van der Waals surface area (Å²) in [6.45, 7) is 0. The first-order valence-electron chi connectivity index (χ1n) is 10.6. The summed E-state index contributed by atoms with van der Waals surface area (Å²) in [4.78, 5) is 14.7. The average molecular weight is 396 g/mol. The molecular formula is C27H16N4. The van der Waals surface area contributed by atoms with Crippen LogP contribution in [0.1, 0.15) is 22.4 Å². The molecule has 0 saturated carbocycles. The zero-order valence-electron chi connectivity index (χ0n) is 16.6. The van der Waals surface area contributed by atoms with E-state index in [-0.39, 0.29) is 0 Å². The van der Waals surface area contributed by atoms with E-state index in [1.54, 1.807) is 0 Å². The molecule has 31 heavy (non-hydrogen) atoms. The van der Waals surface area contributed by atoms with Crippen molar-refractivity contribution in [2.75, 3.05) is 0 Å². The van der Waals surface area contributed by atoms with Crippen LogP contribution in [-0.2, 0) is 12.8 Å². The minimum Gasteiger partial charge on any atom is -0.279 e. The molecule has 4 nitrogen and oxygen atoms in total. The van der Waals surface area contributed by atoms with E-state index >= 15 is 0 Å². The maximum absolute atomic E-state index is 5.24. The normalized spacial score (nSPS) is 13.5. The van der Waals surface area contributed by atoms with Crippen molar-refractivity contribution in [1.82, 2.24) is 19.4 Å². The molecule has 144 valence electrons. The van der Waals surface area contributed by atoms with E-state index in [9.17, 15) is 0 Å². The molecule has 6 aromatic rings. The number of benzene rings is 2. The number of rotatable bonds is 0. The average Bonchev–Trinajstić information content (AvgIpc) is 3.48. The lowest BCUT2D eigenvalue weighted by Gasteiger charge is -2.09. The van der Waals surface area contributed by atoms with Gasteiger partial charge in [0.1, 0.15) is 11.3 Å². The first-order valence-corrected chi connectivity index (χ1v) is 10.6. The fourth-order valence-electron chi connectivity index (χ4n) is 5.67. The summed E-state index contributed by atoms with van der Waals surface area (Å²) >= 11 is 0. The Morgan fingerprint density at radius 2 is 1.52 bits per heavy atom. The molecule has 0 fully saturated rings. The van der Waals surface area contributed by atoms with Crippen LogP contribution in [0.2, 0.25) is 0 Å². The Balaban J connectivity index is 1.52. The van der Waals surface area contributed by atoms with Gasteiger partial charge in [-0.15, -0.1) is 0 Å². The van der Waals surface area contributed by atoms with Crippen molar-refractivity contribution >= 4 is 27.6 Å². The summed E-state index contributed by atoms with van der Waals surface area (Å²) in [6.07, 6.45) is 5.57.